The molecular formula is C12H13BrClN3S. The van der Waals surface area contributed by atoms with Crippen molar-refractivity contribution < 1.29 is 0 Å². The van der Waals surface area contributed by atoms with E-state index >= 15 is 0 Å². The fourth-order valence-corrected chi connectivity index (χ4v) is 2.82. The number of hydrogen-bond donors (Lipinski definition) is 1. The zero-order valence-corrected chi connectivity index (χ0v) is 13.1. The molecule has 96 valence electrons. The van der Waals surface area contributed by atoms with E-state index < -0.39 is 0 Å². The van der Waals surface area contributed by atoms with Crippen LogP contribution in [0.2, 0.25) is 5.02 Å². The van der Waals surface area contributed by atoms with Gasteiger partial charge in [0.25, 0.3) is 0 Å². The highest BCUT2D eigenvalue weighted by atomic mass is 79.9. The van der Waals surface area contributed by atoms with Crippen LogP contribution in [0.3, 0.4) is 0 Å². The minimum atomic E-state index is 0.694. The summed E-state index contributed by atoms with van der Waals surface area (Å²) >= 11 is 11.1. The number of halogens is 2. The van der Waals surface area contributed by atoms with E-state index in [4.69, 9.17) is 11.6 Å². The Morgan fingerprint density at radius 1 is 1.39 bits per heavy atom. The molecular weight excluding hydrogens is 334 g/mol. The summed E-state index contributed by atoms with van der Waals surface area (Å²) in [5, 5.41) is 14.2. The van der Waals surface area contributed by atoms with Gasteiger partial charge in [-0.1, -0.05) is 29.0 Å². The lowest BCUT2D eigenvalue weighted by atomic mass is 10.2. The second-order valence-corrected chi connectivity index (χ2v) is 6.16. The van der Waals surface area contributed by atoms with Gasteiger partial charge >= 0.3 is 0 Å². The molecule has 0 aliphatic heterocycles. The molecule has 0 saturated carbocycles. The lowest BCUT2D eigenvalue weighted by molar-refractivity contribution is 0.718. The second-order valence-electron chi connectivity index (χ2n) is 3.84. The monoisotopic (exact) mass is 345 g/mol. The van der Waals surface area contributed by atoms with Crippen molar-refractivity contribution in [2.45, 2.75) is 12.8 Å². The van der Waals surface area contributed by atoms with Crippen molar-refractivity contribution in [2.24, 2.45) is 0 Å². The van der Waals surface area contributed by atoms with Crippen molar-refractivity contribution in [3.8, 4) is 10.6 Å². The van der Waals surface area contributed by atoms with Gasteiger partial charge in [0.15, 0.2) is 0 Å². The lowest BCUT2D eigenvalue weighted by Crippen LogP contribution is -2.08. The Balaban J connectivity index is 2.11. The highest BCUT2D eigenvalue weighted by Crippen LogP contribution is 2.30. The van der Waals surface area contributed by atoms with E-state index in [1.54, 1.807) is 11.3 Å². The fraction of sp³-hybridized carbons (Fsp3) is 0.333. The molecule has 0 saturated heterocycles. The van der Waals surface area contributed by atoms with Crippen LogP contribution in [-0.4, -0.2) is 23.8 Å². The van der Waals surface area contributed by atoms with Gasteiger partial charge in [-0.25, -0.2) is 0 Å². The smallest absolute Gasteiger partial charge is 0.147 e. The zero-order chi connectivity index (χ0) is 13.0. The van der Waals surface area contributed by atoms with Crippen LogP contribution in [0.15, 0.2) is 22.7 Å². The van der Waals surface area contributed by atoms with Gasteiger partial charge in [0.1, 0.15) is 10.0 Å². The molecule has 0 atom stereocenters. The third kappa shape index (κ3) is 3.51. The first-order chi connectivity index (χ1) is 8.70. The number of aromatic nitrogens is 2. The molecule has 0 amide bonds. The van der Waals surface area contributed by atoms with E-state index in [2.05, 4.69) is 31.4 Å². The molecule has 1 N–H and O–H groups in total. The van der Waals surface area contributed by atoms with Gasteiger partial charge in [0.2, 0.25) is 0 Å². The van der Waals surface area contributed by atoms with Crippen molar-refractivity contribution in [1.29, 1.82) is 0 Å². The molecule has 0 spiro atoms. The first-order valence-electron chi connectivity index (χ1n) is 5.63. The fourth-order valence-electron chi connectivity index (χ4n) is 1.52. The number of nitrogens with zero attached hydrogens (tertiary/aromatic N) is 2. The standard InChI is InChI=1S/C12H13BrClN3S/c1-15-6-2-3-11-16-17-12(18-11)8-4-5-9(13)10(14)7-8/h4-5,7,15H,2-3,6H2,1H3. The Bertz CT molecular complexity index is 530. The Morgan fingerprint density at radius 2 is 2.22 bits per heavy atom. The zero-order valence-electron chi connectivity index (χ0n) is 9.91. The molecule has 18 heavy (non-hydrogen) atoms. The van der Waals surface area contributed by atoms with Crippen molar-refractivity contribution in [2.75, 3.05) is 13.6 Å². The number of aryl methyl sites for hydroxylation is 1. The van der Waals surface area contributed by atoms with Gasteiger partial charge in [-0.05, 0) is 48.1 Å². The first-order valence-corrected chi connectivity index (χ1v) is 7.62. The van der Waals surface area contributed by atoms with Crippen LogP contribution in [0.4, 0.5) is 0 Å². The molecule has 3 nitrogen and oxygen atoms in total. The molecule has 0 unspecified atom stereocenters. The Labute approximate surface area is 124 Å². The maximum Gasteiger partial charge on any atom is 0.147 e. The van der Waals surface area contributed by atoms with Crippen molar-refractivity contribution in [3.05, 3.63) is 32.7 Å². The molecule has 0 bridgehead atoms. The molecule has 0 aliphatic carbocycles. The van der Waals surface area contributed by atoms with E-state index in [-0.39, 0.29) is 0 Å². The van der Waals surface area contributed by atoms with E-state index in [0.717, 1.165) is 39.4 Å². The molecule has 1 aromatic heterocycles. The summed E-state index contributed by atoms with van der Waals surface area (Å²) in [7, 11) is 1.95. The van der Waals surface area contributed by atoms with Gasteiger partial charge in [-0.2, -0.15) is 0 Å². The lowest BCUT2D eigenvalue weighted by Gasteiger charge is -1.98. The topological polar surface area (TPSA) is 37.8 Å². The average Bonchev–Trinajstić information content (AvgIpc) is 2.82. The molecule has 6 heteroatoms. The third-order valence-corrected chi connectivity index (χ3v) is 4.72. The average molecular weight is 347 g/mol. The summed E-state index contributed by atoms with van der Waals surface area (Å²) in [6, 6.07) is 5.83. The van der Waals surface area contributed by atoms with E-state index in [9.17, 15) is 0 Å². The van der Waals surface area contributed by atoms with Gasteiger partial charge < -0.3 is 5.32 Å². The van der Waals surface area contributed by atoms with Gasteiger partial charge in [0.05, 0.1) is 5.02 Å². The Hall–Kier alpha value is -0.490. The summed E-state index contributed by atoms with van der Waals surface area (Å²) < 4.78 is 0.895. The minimum Gasteiger partial charge on any atom is -0.320 e. The summed E-state index contributed by atoms with van der Waals surface area (Å²) in [5.41, 5.74) is 1.01. The van der Waals surface area contributed by atoms with Crippen LogP contribution < -0.4 is 5.32 Å². The van der Waals surface area contributed by atoms with Crippen LogP contribution >= 0.6 is 38.9 Å². The molecule has 2 rings (SSSR count). The van der Waals surface area contributed by atoms with Crippen molar-refractivity contribution in [1.82, 2.24) is 15.5 Å². The predicted molar refractivity (Wildman–Crippen MR) is 80.3 cm³/mol. The van der Waals surface area contributed by atoms with Crippen molar-refractivity contribution in [3.63, 3.8) is 0 Å². The quantitative estimate of drug-likeness (QED) is 0.837. The van der Waals surface area contributed by atoms with E-state index in [1.807, 2.05) is 25.2 Å². The maximum absolute atomic E-state index is 6.07. The normalized spacial score (nSPS) is 10.8. The van der Waals surface area contributed by atoms with Crippen molar-refractivity contribution >= 4 is 38.9 Å². The summed E-state index contributed by atoms with van der Waals surface area (Å²) in [5.74, 6) is 0. The summed E-state index contributed by atoms with van der Waals surface area (Å²) in [6.45, 7) is 0.999. The van der Waals surface area contributed by atoms with Gasteiger partial charge in [-0.15, -0.1) is 10.2 Å². The number of rotatable bonds is 5. The SMILES string of the molecule is CNCCCc1nnc(-c2ccc(Br)c(Cl)c2)s1. The minimum absolute atomic E-state index is 0.694. The van der Waals surface area contributed by atoms with Crippen LogP contribution in [-0.2, 0) is 6.42 Å². The molecule has 0 radical (unpaired) electrons. The summed E-state index contributed by atoms with van der Waals surface area (Å²) in [4.78, 5) is 0. The van der Waals surface area contributed by atoms with E-state index in [0.29, 0.717) is 5.02 Å². The molecule has 0 aliphatic rings. The van der Waals surface area contributed by atoms with Crippen LogP contribution in [0.5, 0.6) is 0 Å². The predicted octanol–water partition coefficient (Wildman–Crippen LogP) is 3.77. The maximum atomic E-state index is 6.07. The van der Waals surface area contributed by atoms with E-state index in [1.165, 1.54) is 0 Å². The number of hydrogen-bond acceptors (Lipinski definition) is 4. The summed E-state index contributed by atoms with van der Waals surface area (Å²) in [6.07, 6.45) is 2.04. The van der Waals surface area contributed by atoms with Crippen LogP contribution in [0.25, 0.3) is 10.6 Å². The second kappa shape index (κ2) is 6.61. The highest BCUT2D eigenvalue weighted by molar-refractivity contribution is 9.10. The van der Waals surface area contributed by atoms with Gasteiger partial charge in [-0.3, -0.25) is 0 Å². The number of nitrogens with one attached hydrogen (secondary N) is 1. The van der Waals surface area contributed by atoms with Crippen LogP contribution in [0, 0.1) is 0 Å². The van der Waals surface area contributed by atoms with Gasteiger partial charge in [0, 0.05) is 16.5 Å². The Morgan fingerprint density at radius 3 is 2.94 bits per heavy atom. The largest absolute Gasteiger partial charge is 0.320 e. The highest BCUT2D eigenvalue weighted by Gasteiger charge is 2.08. The molecule has 1 aromatic carbocycles. The van der Waals surface area contributed by atoms with Crippen LogP contribution in [0.1, 0.15) is 11.4 Å². The molecule has 0 fully saturated rings. The third-order valence-electron chi connectivity index (χ3n) is 2.45. The molecule has 2 aromatic rings. The molecule has 1 heterocycles. The Kier molecular flexibility index (Phi) is 5.12. The first kappa shape index (κ1) is 13.9. The number of benzene rings is 1.